The first-order valence-corrected chi connectivity index (χ1v) is 5.41. The molecule has 1 N–H and O–H groups in total. The molecule has 0 saturated carbocycles. The van der Waals surface area contributed by atoms with E-state index in [9.17, 15) is 4.79 Å². The van der Waals surface area contributed by atoms with Gasteiger partial charge in [-0.25, -0.2) is 0 Å². The predicted molar refractivity (Wildman–Crippen MR) is 68.5 cm³/mol. The Balaban J connectivity index is 0.00000225. The SMILES string of the molecule is CCc1cc(C)cc(CC)c1CC(=O)O.Cl. The molecule has 16 heavy (non-hydrogen) atoms. The second-order valence-electron chi connectivity index (χ2n) is 3.84. The van der Waals surface area contributed by atoms with Gasteiger partial charge in [-0.2, -0.15) is 0 Å². The van der Waals surface area contributed by atoms with Crippen molar-refractivity contribution < 1.29 is 9.90 Å². The first-order valence-electron chi connectivity index (χ1n) is 5.41. The molecule has 0 aliphatic rings. The highest BCUT2D eigenvalue weighted by Gasteiger charge is 2.10. The van der Waals surface area contributed by atoms with Crippen LogP contribution in [-0.4, -0.2) is 11.1 Å². The van der Waals surface area contributed by atoms with Crippen molar-refractivity contribution in [2.75, 3.05) is 0 Å². The molecule has 0 amide bonds. The van der Waals surface area contributed by atoms with Crippen LogP contribution >= 0.6 is 12.4 Å². The average Bonchev–Trinajstić information content (AvgIpc) is 2.19. The summed E-state index contributed by atoms with van der Waals surface area (Å²) in [6.45, 7) is 6.20. The summed E-state index contributed by atoms with van der Waals surface area (Å²) in [4.78, 5) is 10.8. The van der Waals surface area contributed by atoms with Crippen LogP contribution in [0.4, 0.5) is 0 Å². The van der Waals surface area contributed by atoms with Crippen LogP contribution in [0.3, 0.4) is 0 Å². The molecule has 0 heterocycles. The highest BCUT2D eigenvalue weighted by atomic mass is 35.5. The molecular formula is C13H19ClO2. The largest absolute Gasteiger partial charge is 0.481 e. The summed E-state index contributed by atoms with van der Waals surface area (Å²) in [6, 6.07) is 4.19. The smallest absolute Gasteiger partial charge is 0.307 e. The van der Waals surface area contributed by atoms with E-state index in [-0.39, 0.29) is 18.8 Å². The van der Waals surface area contributed by atoms with Crippen molar-refractivity contribution in [1.82, 2.24) is 0 Å². The molecule has 0 aliphatic carbocycles. The van der Waals surface area contributed by atoms with E-state index >= 15 is 0 Å². The second kappa shape index (κ2) is 6.54. The molecule has 0 spiro atoms. The van der Waals surface area contributed by atoms with Gasteiger partial charge in [-0.15, -0.1) is 12.4 Å². The summed E-state index contributed by atoms with van der Waals surface area (Å²) in [6.07, 6.45) is 1.95. The standard InChI is InChI=1S/C13H18O2.ClH/c1-4-10-6-9(3)7-11(5-2)12(10)8-13(14)15;/h6-7H,4-5,8H2,1-3H3,(H,14,15);1H. The van der Waals surface area contributed by atoms with Gasteiger partial charge in [-0.1, -0.05) is 31.5 Å². The summed E-state index contributed by atoms with van der Waals surface area (Å²) >= 11 is 0. The number of hydrogen-bond acceptors (Lipinski definition) is 1. The molecule has 0 fully saturated rings. The fourth-order valence-electron chi connectivity index (χ4n) is 1.98. The van der Waals surface area contributed by atoms with Gasteiger partial charge >= 0.3 is 5.97 Å². The minimum Gasteiger partial charge on any atom is -0.481 e. The summed E-state index contributed by atoms with van der Waals surface area (Å²) in [5, 5.41) is 8.88. The fraction of sp³-hybridized carbons (Fsp3) is 0.462. The fourth-order valence-corrected chi connectivity index (χ4v) is 1.98. The molecule has 3 heteroatoms. The Morgan fingerprint density at radius 3 is 1.94 bits per heavy atom. The maximum absolute atomic E-state index is 10.8. The van der Waals surface area contributed by atoms with Crippen LogP contribution in [-0.2, 0) is 24.1 Å². The number of aliphatic carboxylic acids is 1. The third-order valence-corrected chi connectivity index (χ3v) is 2.67. The van der Waals surface area contributed by atoms with E-state index in [1.807, 2.05) is 0 Å². The van der Waals surface area contributed by atoms with Crippen LogP contribution in [0.2, 0.25) is 0 Å². The van der Waals surface area contributed by atoms with E-state index in [2.05, 4.69) is 32.9 Å². The molecule has 0 atom stereocenters. The highest BCUT2D eigenvalue weighted by molar-refractivity contribution is 5.85. The Morgan fingerprint density at radius 1 is 1.19 bits per heavy atom. The first kappa shape index (κ1) is 15.0. The second-order valence-corrected chi connectivity index (χ2v) is 3.84. The highest BCUT2D eigenvalue weighted by Crippen LogP contribution is 2.19. The number of benzene rings is 1. The van der Waals surface area contributed by atoms with Crippen molar-refractivity contribution >= 4 is 18.4 Å². The van der Waals surface area contributed by atoms with Gasteiger partial charge < -0.3 is 5.11 Å². The van der Waals surface area contributed by atoms with E-state index in [1.165, 1.54) is 16.7 Å². The van der Waals surface area contributed by atoms with Gasteiger partial charge in [0.05, 0.1) is 6.42 Å². The van der Waals surface area contributed by atoms with Gasteiger partial charge in [0, 0.05) is 0 Å². The lowest BCUT2D eigenvalue weighted by Gasteiger charge is -2.12. The Hall–Kier alpha value is -1.02. The molecular weight excluding hydrogens is 224 g/mol. The molecule has 1 aromatic rings. The Bertz CT molecular complexity index is 347. The normalized spacial score (nSPS) is 9.69. The van der Waals surface area contributed by atoms with Crippen molar-refractivity contribution in [3.05, 3.63) is 34.4 Å². The van der Waals surface area contributed by atoms with E-state index in [0.717, 1.165) is 18.4 Å². The molecule has 1 aromatic carbocycles. The summed E-state index contributed by atoms with van der Waals surface area (Å²) in [5.41, 5.74) is 4.58. The zero-order valence-electron chi connectivity index (χ0n) is 10.0. The lowest BCUT2D eigenvalue weighted by Crippen LogP contribution is -2.07. The zero-order chi connectivity index (χ0) is 11.4. The third kappa shape index (κ3) is 3.53. The maximum atomic E-state index is 10.8. The zero-order valence-corrected chi connectivity index (χ0v) is 10.9. The number of carboxylic acids is 1. The van der Waals surface area contributed by atoms with Crippen LogP contribution in [0.25, 0.3) is 0 Å². The first-order chi connectivity index (χ1) is 7.08. The summed E-state index contributed by atoms with van der Waals surface area (Å²) < 4.78 is 0. The number of carboxylic acid groups (broad SMARTS) is 1. The van der Waals surface area contributed by atoms with E-state index in [4.69, 9.17) is 5.11 Å². The van der Waals surface area contributed by atoms with Crippen molar-refractivity contribution in [2.24, 2.45) is 0 Å². The minimum absolute atomic E-state index is 0. The molecule has 0 saturated heterocycles. The molecule has 1 rings (SSSR count). The van der Waals surface area contributed by atoms with E-state index < -0.39 is 5.97 Å². The van der Waals surface area contributed by atoms with Gasteiger partial charge in [0.15, 0.2) is 0 Å². The third-order valence-electron chi connectivity index (χ3n) is 2.67. The predicted octanol–water partition coefficient (Wildman–Crippen LogP) is 3.17. The van der Waals surface area contributed by atoms with Gasteiger partial charge in [0.1, 0.15) is 0 Å². The average molecular weight is 243 g/mol. The number of hydrogen-bond donors (Lipinski definition) is 1. The van der Waals surface area contributed by atoms with E-state index in [0.29, 0.717) is 0 Å². The Morgan fingerprint density at radius 2 is 1.62 bits per heavy atom. The lowest BCUT2D eigenvalue weighted by atomic mass is 9.93. The number of carbonyl (C=O) groups is 1. The van der Waals surface area contributed by atoms with Gasteiger partial charge in [-0.05, 0) is 36.5 Å². The molecule has 2 nitrogen and oxygen atoms in total. The molecule has 0 unspecified atom stereocenters. The summed E-state index contributed by atoms with van der Waals surface area (Å²) in [7, 11) is 0. The number of halogens is 1. The van der Waals surface area contributed by atoms with Crippen LogP contribution in [0, 0.1) is 6.92 Å². The number of rotatable bonds is 4. The maximum Gasteiger partial charge on any atom is 0.307 e. The van der Waals surface area contributed by atoms with E-state index in [1.54, 1.807) is 0 Å². The van der Waals surface area contributed by atoms with Crippen LogP contribution in [0.5, 0.6) is 0 Å². The van der Waals surface area contributed by atoms with Crippen molar-refractivity contribution in [3.8, 4) is 0 Å². The van der Waals surface area contributed by atoms with Gasteiger partial charge in [0.2, 0.25) is 0 Å². The number of aryl methyl sites for hydroxylation is 3. The van der Waals surface area contributed by atoms with Gasteiger partial charge in [0.25, 0.3) is 0 Å². The Kier molecular flexibility index (Phi) is 6.12. The lowest BCUT2D eigenvalue weighted by molar-refractivity contribution is -0.136. The van der Waals surface area contributed by atoms with Crippen LogP contribution in [0.15, 0.2) is 12.1 Å². The van der Waals surface area contributed by atoms with Gasteiger partial charge in [-0.3, -0.25) is 4.79 Å². The van der Waals surface area contributed by atoms with Crippen LogP contribution in [0.1, 0.15) is 36.1 Å². The molecule has 0 aliphatic heterocycles. The minimum atomic E-state index is -0.747. The van der Waals surface area contributed by atoms with Crippen molar-refractivity contribution in [1.29, 1.82) is 0 Å². The monoisotopic (exact) mass is 242 g/mol. The molecule has 90 valence electrons. The Labute approximate surface area is 103 Å². The molecule has 0 radical (unpaired) electrons. The van der Waals surface area contributed by atoms with Crippen LogP contribution < -0.4 is 0 Å². The topological polar surface area (TPSA) is 37.3 Å². The van der Waals surface area contributed by atoms with Crippen molar-refractivity contribution in [3.63, 3.8) is 0 Å². The van der Waals surface area contributed by atoms with Crippen molar-refractivity contribution in [2.45, 2.75) is 40.0 Å². The molecule has 0 bridgehead atoms. The molecule has 0 aromatic heterocycles. The summed E-state index contributed by atoms with van der Waals surface area (Å²) in [5.74, 6) is -0.747. The quantitative estimate of drug-likeness (QED) is 0.881.